The fourth-order valence-electron chi connectivity index (χ4n) is 3.79. The number of hydrogen-bond acceptors (Lipinski definition) is 6. The molecule has 0 N–H and O–H groups in total. The first-order chi connectivity index (χ1) is 14.4. The molecule has 0 radical (unpaired) electrons. The first-order valence-corrected chi connectivity index (χ1v) is 11.2. The average Bonchev–Trinajstić information content (AvgIpc) is 3.00. The molecule has 0 unspecified atom stereocenters. The Balaban J connectivity index is 1.62. The van der Waals surface area contributed by atoms with Crippen molar-refractivity contribution in [2.24, 2.45) is 0 Å². The summed E-state index contributed by atoms with van der Waals surface area (Å²) < 4.78 is 27.6. The zero-order chi connectivity index (χ0) is 21.3. The summed E-state index contributed by atoms with van der Waals surface area (Å²) in [6.07, 6.45) is 2.26. The summed E-state index contributed by atoms with van der Waals surface area (Å²) in [7, 11) is -3.57. The molecule has 0 atom stereocenters. The van der Waals surface area contributed by atoms with Gasteiger partial charge < -0.3 is 4.90 Å². The van der Waals surface area contributed by atoms with Crippen molar-refractivity contribution in [3.63, 3.8) is 0 Å². The molecule has 1 aliphatic heterocycles. The summed E-state index contributed by atoms with van der Waals surface area (Å²) >= 11 is 0. The maximum atomic E-state index is 13.0. The number of nitrogens with zero attached hydrogens (tertiary/aromatic N) is 4. The predicted molar refractivity (Wildman–Crippen MR) is 115 cm³/mol. The van der Waals surface area contributed by atoms with Crippen LogP contribution in [0.3, 0.4) is 0 Å². The Bertz CT molecular complexity index is 1200. The molecule has 1 aliphatic rings. The molecule has 30 heavy (non-hydrogen) atoms. The van der Waals surface area contributed by atoms with Crippen molar-refractivity contribution >= 4 is 32.3 Å². The van der Waals surface area contributed by atoms with Gasteiger partial charge >= 0.3 is 0 Å². The molecule has 156 valence electrons. The summed E-state index contributed by atoms with van der Waals surface area (Å²) in [5.74, 6) is 0. The van der Waals surface area contributed by atoms with Gasteiger partial charge in [-0.15, -0.1) is 0 Å². The highest BCUT2D eigenvalue weighted by Gasteiger charge is 2.28. The van der Waals surface area contributed by atoms with E-state index in [1.54, 1.807) is 48.7 Å². The predicted octanol–water partition coefficient (Wildman–Crippen LogP) is 3.35. The highest BCUT2D eigenvalue weighted by atomic mass is 32.2. The normalized spacial score (nSPS) is 15.8. The van der Waals surface area contributed by atoms with Gasteiger partial charge in [0.15, 0.2) is 0 Å². The highest BCUT2D eigenvalue weighted by Crippen LogP contribution is 2.32. The number of aromatic nitrogens is 1. The zero-order valence-electron chi connectivity index (χ0n) is 16.6. The van der Waals surface area contributed by atoms with Crippen molar-refractivity contribution in [3.05, 3.63) is 70.4 Å². The standard InChI is InChI=1S/C21H22N4O4S/c1-16-5-7-17(8-6-16)30(28,29)24-13-3-12-23(14-15-24)20-10-9-19(25(26)27)18-4-2-11-22-21(18)20/h2,4-11H,3,12-15H2,1H3. The molecule has 0 amide bonds. The molecule has 4 rings (SSSR count). The van der Waals surface area contributed by atoms with Gasteiger partial charge in [0.25, 0.3) is 5.69 Å². The highest BCUT2D eigenvalue weighted by molar-refractivity contribution is 7.89. The Morgan fingerprint density at radius 2 is 1.77 bits per heavy atom. The van der Waals surface area contributed by atoms with E-state index in [0.717, 1.165) is 11.3 Å². The quantitative estimate of drug-likeness (QED) is 0.469. The van der Waals surface area contributed by atoms with Crippen LogP contribution in [-0.2, 0) is 10.0 Å². The van der Waals surface area contributed by atoms with Gasteiger partial charge in [-0.1, -0.05) is 17.7 Å². The van der Waals surface area contributed by atoms with Crippen molar-refractivity contribution in [3.8, 4) is 0 Å². The second-order valence-corrected chi connectivity index (χ2v) is 9.26. The average molecular weight is 426 g/mol. The lowest BCUT2D eigenvalue weighted by molar-refractivity contribution is -0.383. The largest absolute Gasteiger partial charge is 0.368 e. The number of hydrogen-bond donors (Lipinski definition) is 0. The molecular weight excluding hydrogens is 404 g/mol. The van der Waals surface area contributed by atoms with Crippen LogP contribution in [0.2, 0.25) is 0 Å². The Morgan fingerprint density at radius 3 is 2.50 bits per heavy atom. The lowest BCUT2D eigenvalue weighted by Crippen LogP contribution is -2.35. The summed E-state index contributed by atoms with van der Waals surface area (Å²) in [4.78, 5) is 17.7. The number of nitro groups is 1. The molecule has 1 fully saturated rings. The van der Waals surface area contributed by atoms with E-state index in [0.29, 0.717) is 48.4 Å². The summed E-state index contributed by atoms with van der Waals surface area (Å²) in [6, 6.07) is 13.4. The Labute approximate surface area is 175 Å². The van der Waals surface area contributed by atoms with E-state index < -0.39 is 14.9 Å². The second-order valence-electron chi connectivity index (χ2n) is 7.32. The molecule has 0 saturated carbocycles. The summed E-state index contributed by atoms with van der Waals surface area (Å²) in [5.41, 5.74) is 2.36. The molecule has 1 aromatic heterocycles. The molecular formula is C21H22N4O4S. The zero-order valence-corrected chi connectivity index (χ0v) is 17.4. The molecule has 2 aromatic carbocycles. The lowest BCUT2D eigenvalue weighted by atomic mass is 10.1. The maximum absolute atomic E-state index is 13.0. The van der Waals surface area contributed by atoms with Crippen LogP contribution in [0.25, 0.3) is 10.9 Å². The fraction of sp³-hybridized carbons (Fsp3) is 0.286. The first kappa shape index (κ1) is 20.2. The number of nitro benzene ring substituents is 1. The minimum atomic E-state index is -3.57. The molecule has 8 nitrogen and oxygen atoms in total. The molecule has 0 spiro atoms. The van der Waals surface area contributed by atoms with E-state index in [1.807, 2.05) is 6.92 Å². The van der Waals surface area contributed by atoms with E-state index >= 15 is 0 Å². The number of fused-ring (bicyclic) bond motifs is 1. The Kier molecular flexibility index (Phi) is 5.40. The van der Waals surface area contributed by atoms with Crippen LogP contribution >= 0.6 is 0 Å². The third-order valence-electron chi connectivity index (χ3n) is 5.38. The van der Waals surface area contributed by atoms with Crippen LogP contribution in [0.5, 0.6) is 0 Å². The number of anilines is 1. The van der Waals surface area contributed by atoms with E-state index in [9.17, 15) is 18.5 Å². The molecule has 0 aliphatic carbocycles. The van der Waals surface area contributed by atoms with Gasteiger partial charge in [-0.05, 0) is 43.7 Å². The van der Waals surface area contributed by atoms with Gasteiger partial charge in [0.1, 0.15) is 5.52 Å². The number of pyridine rings is 1. The van der Waals surface area contributed by atoms with Crippen LogP contribution in [-0.4, -0.2) is 48.8 Å². The van der Waals surface area contributed by atoms with Crippen molar-refractivity contribution in [2.75, 3.05) is 31.1 Å². The Hall–Kier alpha value is -3.04. The SMILES string of the molecule is Cc1ccc(S(=O)(=O)N2CCCN(c3ccc([N+](=O)[O-])c4cccnc34)CC2)cc1. The third kappa shape index (κ3) is 3.73. The van der Waals surface area contributed by atoms with E-state index in [4.69, 9.17) is 0 Å². The fourth-order valence-corrected chi connectivity index (χ4v) is 5.26. The minimum absolute atomic E-state index is 0.0141. The molecule has 1 saturated heterocycles. The van der Waals surface area contributed by atoms with Crippen molar-refractivity contribution in [1.82, 2.24) is 9.29 Å². The topological polar surface area (TPSA) is 96.7 Å². The second kappa shape index (κ2) is 8.00. The summed E-state index contributed by atoms with van der Waals surface area (Å²) in [5, 5.41) is 11.8. The minimum Gasteiger partial charge on any atom is -0.368 e. The number of non-ortho nitro benzene ring substituents is 1. The molecule has 0 bridgehead atoms. The Morgan fingerprint density at radius 1 is 1.00 bits per heavy atom. The number of benzene rings is 2. The van der Waals surface area contributed by atoms with Crippen LogP contribution in [0, 0.1) is 17.0 Å². The maximum Gasteiger partial charge on any atom is 0.278 e. The number of rotatable bonds is 4. The smallest absolute Gasteiger partial charge is 0.278 e. The van der Waals surface area contributed by atoms with Crippen molar-refractivity contribution in [1.29, 1.82) is 0 Å². The van der Waals surface area contributed by atoms with Gasteiger partial charge in [0, 0.05) is 38.4 Å². The molecule has 9 heteroatoms. The van der Waals surface area contributed by atoms with Crippen molar-refractivity contribution in [2.45, 2.75) is 18.2 Å². The van der Waals surface area contributed by atoms with Gasteiger partial charge in [-0.2, -0.15) is 4.31 Å². The van der Waals surface area contributed by atoms with Crippen LogP contribution in [0.15, 0.2) is 59.6 Å². The first-order valence-electron chi connectivity index (χ1n) is 9.72. The number of sulfonamides is 1. The monoisotopic (exact) mass is 426 g/mol. The van der Waals surface area contributed by atoms with Gasteiger partial charge in [-0.3, -0.25) is 15.1 Å². The van der Waals surface area contributed by atoms with Gasteiger partial charge in [0.05, 0.1) is 20.9 Å². The van der Waals surface area contributed by atoms with Crippen molar-refractivity contribution < 1.29 is 13.3 Å². The van der Waals surface area contributed by atoms with E-state index in [-0.39, 0.29) is 5.69 Å². The van der Waals surface area contributed by atoms with Gasteiger partial charge in [0.2, 0.25) is 10.0 Å². The number of aryl methyl sites for hydroxylation is 1. The van der Waals surface area contributed by atoms with E-state index in [1.165, 1.54) is 10.4 Å². The van der Waals surface area contributed by atoms with Gasteiger partial charge in [-0.25, -0.2) is 8.42 Å². The molecule has 2 heterocycles. The third-order valence-corrected chi connectivity index (χ3v) is 7.29. The van der Waals surface area contributed by atoms with E-state index in [2.05, 4.69) is 9.88 Å². The molecule has 3 aromatic rings. The summed E-state index contributed by atoms with van der Waals surface area (Å²) in [6.45, 7) is 3.80. The van der Waals surface area contributed by atoms with Crippen LogP contribution in [0.4, 0.5) is 11.4 Å². The van der Waals surface area contributed by atoms with Crippen LogP contribution < -0.4 is 4.90 Å². The van der Waals surface area contributed by atoms with Crippen LogP contribution in [0.1, 0.15) is 12.0 Å². The lowest BCUT2D eigenvalue weighted by Gasteiger charge is -2.24.